The first kappa shape index (κ1) is 15.7. The Kier molecular flexibility index (Phi) is 3.89. The van der Waals surface area contributed by atoms with Crippen molar-refractivity contribution in [1.29, 1.82) is 0 Å². The fraction of sp³-hybridized carbons (Fsp3) is 0. The number of hydrogen-bond donors (Lipinski definition) is 2. The molecule has 4 aromatic rings. The molecule has 0 aliphatic rings. The molecular weight excluding hydrogens is 332 g/mol. The standard InChI is InChI=1S/C20H16O4Si/c21-25(22,23-19-13-5-9-15-7-1-3-11-17(15)19)24-20-14-6-10-16-8-2-4-12-18(16)20/h1-14,21-22H. The predicted octanol–water partition coefficient (Wildman–Crippen LogP) is 3.87. The first-order valence-corrected chi connectivity index (χ1v) is 9.62. The van der Waals surface area contributed by atoms with Crippen molar-refractivity contribution in [3.63, 3.8) is 0 Å². The summed E-state index contributed by atoms with van der Waals surface area (Å²) < 4.78 is 11.0. The van der Waals surface area contributed by atoms with Crippen molar-refractivity contribution in [2.75, 3.05) is 0 Å². The van der Waals surface area contributed by atoms with E-state index in [0.29, 0.717) is 11.5 Å². The monoisotopic (exact) mass is 348 g/mol. The van der Waals surface area contributed by atoms with Gasteiger partial charge in [-0.05, 0) is 22.9 Å². The van der Waals surface area contributed by atoms with Gasteiger partial charge >= 0.3 is 9.05 Å². The van der Waals surface area contributed by atoms with Crippen LogP contribution in [0.1, 0.15) is 0 Å². The normalized spacial score (nSPS) is 11.6. The van der Waals surface area contributed by atoms with Crippen molar-refractivity contribution in [1.82, 2.24) is 0 Å². The Morgan fingerprint density at radius 1 is 0.520 bits per heavy atom. The maximum absolute atomic E-state index is 10.4. The SMILES string of the molecule is O[Si](O)(Oc1cccc2ccccc12)Oc1cccc2ccccc12. The lowest BCUT2D eigenvalue weighted by Crippen LogP contribution is -2.49. The molecule has 5 heteroatoms. The molecule has 25 heavy (non-hydrogen) atoms. The van der Waals surface area contributed by atoms with Gasteiger partial charge < -0.3 is 18.4 Å². The molecule has 4 rings (SSSR count). The van der Waals surface area contributed by atoms with Crippen LogP contribution in [0.2, 0.25) is 0 Å². The van der Waals surface area contributed by atoms with E-state index in [0.717, 1.165) is 21.5 Å². The van der Waals surface area contributed by atoms with Crippen molar-refractivity contribution in [3.05, 3.63) is 84.9 Å². The minimum absolute atomic E-state index is 0.384. The van der Waals surface area contributed by atoms with E-state index in [2.05, 4.69) is 0 Å². The minimum atomic E-state index is -4.42. The second-order valence-electron chi connectivity index (χ2n) is 5.71. The van der Waals surface area contributed by atoms with Crippen LogP contribution >= 0.6 is 0 Å². The van der Waals surface area contributed by atoms with Crippen LogP contribution in [-0.4, -0.2) is 18.6 Å². The summed E-state index contributed by atoms with van der Waals surface area (Å²) in [6.07, 6.45) is 0. The fourth-order valence-corrected chi connectivity index (χ4v) is 3.85. The van der Waals surface area contributed by atoms with Crippen LogP contribution in [0.15, 0.2) is 84.9 Å². The molecule has 0 radical (unpaired) electrons. The number of rotatable bonds is 4. The van der Waals surface area contributed by atoms with E-state index >= 15 is 0 Å². The van der Waals surface area contributed by atoms with Gasteiger partial charge in [0.1, 0.15) is 11.5 Å². The lowest BCUT2D eigenvalue weighted by molar-refractivity contribution is 0.141. The van der Waals surface area contributed by atoms with E-state index < -0.39 is 9.05 Å². The van der Waals surface area contributed by atoms with Gasteiger partial charge in [0.2, 0.25) is 0 Å². The largest absolute Gasteiger partial charge is 0.815 e. The third-order valence-electron chi connectivity index (χ3n) is 3.99. The Hall–Kier alpha value is -2.86. The van der Waals surface area contributed by atoms with Crippen LogP contribution in [-0.2, 0) is 0 Å². The highest BCUT2D eigenvalue weighted by molar-refractivity contribution is 6.52. The van der Waals surface area contributed by atoms with Gasteiger partial charge in [0, 0.05) is 10.8 Å². The fourth-order valence-electron chi connectivity index (χ4n) is 2.88. The molecule has 4 nitrogen and oxygen atoms in total. The van der Waals surface area contributed by atoms with Crippen LogP contribution in [0, 0.1) is 0 Å². The van der Waals surface area contributed by atoms with Gasteiger partial charge in [-0.2, -0.15) is 0 Å². The quantitative estimate of drug-likeness (QED) is 0.550. The summed E-state index contributed by atoms with van der Waals surface area (Å²) >= 11 is 0. The van der Waals surface area contributed by atoms with Crippen molar-refractivity contribution in [2.24, 2.45) is 0 Å². The Morgan fingerprint density at radius 3 is 1.40 bits per heavy atom. The van der Waals surface area contributed by atoms with Gasteiger partial charge in [0.15, 0.2) is 0 Å². The van der Waals surface area contributed by atoms with Crippen LogP contribution in [0.4, 0.5) is 0 Å². The molecular formula is C20H16O4Si. The highest BCUT2D eigenvalue weighted by atomic mass is 28.4. The molecule has 0 saturated heterocycles. The molecule has 0 aliphatic carbocycles. The molecule has 0 saturated carbocycles. The zero-order chi connectivity index (χ0) is 17.3. The lowest BCUT2D eigenvalue weighted by Gasteiger charge is -2.20. The second-order valence-corrected chi connectivity index (χ2v) is 7.21. The molecule has 0 amide bonds. The van der Waals surface area contributed by atoms with Crippen LogP contribution in [0.5, 0.6) is 11.5 Å². The van der Waals surface area contributed by atoms with Crippen LogP contribution in [0.3, 0.4) is 0 Å². The highest BCUT2D eigenvalue weighted by Gasteiger charge is 2.43. The van der Waals surface area contributed by atoms with E-state index in [1.807, 2.05) is 60.7 Å². The minimum Gasteiger partial charge on any atom is -0.471 e. The number of benzene rings is 4. The Bertz CT molecular complexity index is 952. The predicted molar refractivity (Wildman–Crippen MR) is 99.3 cm³/mol. The average Bonchev–Trinajstić information content (AvgIpc) is 2.62. The van der Waals surface area contributed by atoms with E-state index in [9.17, 15) is 9.59 Å². The number of hydrogen-bond acceptors (Lipinski definition) is 4. The molecule has 124 valence electrons. The maximum atomic E-state index is 10.4. The third kappa shape index (κ3) is 3.21. The molecule has 0 spiro atoms. The third-order valence-corrected chi connectivity index (χ3v) is 4.96. The van der Waals surface area contributed by atoms with E-state index in [1.54, 1.807) is 24.3 Å². The first-order valence-electron chi connectivity index (χ1n) is 7.91. The Morgan fingerprint density at radius 2 is 0.920 bits per heavy atom. The zero-order valence-electron chi connectivity index (χ0n) is 13.3. The topological polar surface area (TPSA) is 58.9 Å². The van der Waals surface area contributed by atoms with E-state index in [-0.39, 0.29) is 0 Å². The van der Waals surface area contributed by atoms with Crippen molar-refractivity contribution in [2.45, 2.75) is 0 Å². The highest BCUT2D eigenvalue weighted by Crippen LogP contribution is 2.29. The molecule has 2 N–H and O–H groups in total. The van der Waals surface area contributed by atoms with Gasteiger partial charge in [-0.25, -0.2) is 0 Å². The van der Waals surface area contributed by atoms with Gasteiger partial charge in [-0.3, -0.25) is 0 Å². The molecule has 0 heterocycles. The van der Waals surface area contributed by atoms with Gasteiger partial charge in [-0.15, -0.1) is 0 Å². The summed E-state index contributed by atoms with van der Waals surface area (Å²) in [5.74, 6) is 0.769. The van der Waals surface area contributed by atoms with Crippen LogP contribution < -0.4 is 8.85 Å². The Balaban J connectivity index is 1.67. The zero-order valence-corrected chi connectivity index (χ0v) is 14.3. The van der Waals surface area contributed by atoms with Gasteiger partial charge in [0.05, 0.1) is 0 Å². The maximum Gasteiger partial charge on any atom is 0.815 e. The van der Waals surface area contributed by atoms with Gasteiger partial charge in [0.25, 0.3) is 0 Å². The summed E-state index contributed by atoms with van der Waals surface area (Å²) in [5.41, 5.74) is 0. The lowest BCUT2D eigenvalue weighted by atomic mass is 10.1. The Labute approximate surface area is 146 Å². The summed E-state index contributed by atoms with van der Waals surface area (Å²) in [6.45, 7) is 0. The van der Waals surface area contributed by atoms with Crippen molar-refractivity contribution in [3.8, 4) is 11.5 Å². The van der Waals surface area contributed by atoms with Gasteiger partial charge in [-0.1, -0.05) is 72.8 Å². The summed E-state index contributed by atoms with van der Waals surface area (Å²) in [7, 11) is -4.42. The summed E-state index contributed by atoms with van der Waals surface area (Å²) in [5, 5.41) is 3.50. The molecule has 0 unspecified atom stereocenters. The second kappa shape index (κ2) is 6.21. The summed E-state index contributed by atoms with van der Waals surface area (Å²) in [6, 6.07) is 26.1. The number of fused-ring (bicyclic) bond motifs is 2. The van der Waals surface area contributed by atoms with Crippen molar-refractivity contribution >= 4 is 30.6 Å². The van der Waals surface area contributed by atoms with E-state index in [1.165, 1.54) is 0 Å². The first-order chi connectivity index (χ1) is 12.1. The smallest absolute Gasteiger partial charge is 0.471 e. The average molecular weight is 348 g/mol. The molecule has 4 aromatic carbocycles. The van der Waals surface area contributed by atoms with Crippen molar-refractivity contribution < 1.29 is 18.4 Å². The molecule has 0 bridgehead atoms. The van der Waals surface area contributed by atoms with E-state index in [4.69, 9.17) is 8.85 Å². The summed E-state index contributed by atoms with van der Waals surface area (Å²) in [4.78, 5) is 20.8. The molecule has 0 fully saturated rings. The molecule has 0 aliphatic heterocycles. The molecule has 0 aromatic heterocycles. The molecule has 0 atom stereocenters. The van der Waals surface area contributed by atoms with Crippen LogP contribution in [0.25, 0.3) is 21.5 Å².